The van der Waals surface area contributed by atoms with E-state index >= 15 is 0 Å². The van der Waals surface area contributed by atoms with Crippen LogP contribution >= 0.6 is 0 Å². The zero-order chi connectivity index (χ0) is 16.3. The highest BCUT2D eigenvalue weighted by Gasteiger charge is 2.02. The van der Waals surface area contributed by atoms with Crippen molar-refractivity contribution in [2.24, 2.45) is 0 Å². The molecule has 0 aromatic heterocycles. The Hall–Kier alpha value is -0.300. The van der Waals surface area contributed by atoms with E-state index in [9.17, 15) is 5.11 Å². The molecule has 0 radical (unpaired) electrons. The Bertz CT molecular complexity index is 222. The molecule has 0 bridgehead atoms. The molecule has 1 nitrogen and oxygen atoms in total. The quantitative estimate of drug-likeness (QED) is 0.223. The minimum Gasteiger partial charge on any atom is -0.393 e. The molecule has 132 valence electrons. The third-order valence-corrected chi connectivity index (χ3v) is 4.42. The van der Waals surface area contributed by atoms with E-state index < -0.39 is 0 Å². The number of hydrogen-bond donors (Lipinski definition) is 1. The normalized spacial score (nSPS) is 13.0. The van der Waals surface area contributed by atoms with Crippen molar-refractivity contribution in [1.29, 1.82) is 0 Å². The average molecular weight is 311 g/mol. The van der Waals surface area contributed by atoms with Gasteiger partial charge in [0.1, 0.15) is 0 Å². The van der Waals surface area contributed by atoms with E-state index in [4.69, 9.17) is 0 Å². The minimum absolute atomic E-state index is 0.0615. The number of unbranched alkanes of at least 4 members (excludes halogenated alkanes) is 11. The van der Waals surface area contributed by atoms with E-state index in [-0.39, 0.29) is 6.10 Å². The highest BCUT2D eigenvalue weighted by atomic mass is 16.3. The fourth-order valence-electron chi connectivity index (χ4n) is 2.89. The second kappa shape index (κ2) is 18.7. The Balaban J connectivity index is 3.16. The van der Waals surface area contributed by atoms with Gasteiger partial charge in [-0.25, -0.2) is 0 Å². The molecule has 0 aliphatic carbocycles. The standard InChI is InChI=1S/C21H42O/c1-3-5-7-9-11-12-13-14-16-18-20-21(22)19-17-15-10-8-6-4-2/h8,10,21-22H,3-7,9,11-20H2,1-2H3/b10-8-. The molecule has 0 spiro atoms. The summed E-state index contributed by atoms with van der Waals surface area (Å²) in [5.41, 5.74) is 0. The molecule has 1 unspecified atom stereocenters. The first kappa shape index (κ1) is 21.7. The Kier molecular flexibility index (Phi) is 18.5. The topological polar surface area (TPSA) is 20.2 Å². The first-order chi connectivity index (χ1) is 10.8. The summed E-state index contributed by atoms with van der Waals surface area (Å²) >= 11 is 0. The zero-order valence-corrected chi connectivity index (χ0v) is 15.5. The Morgan fingerprint density at radius 3 is 1.68 bits per heavy atom. The van der Waals surface area contributed by atoms with E-state index in [1.54, 1.807) is 0 Å². The van der Waals surface area contributed by atoms with Crippen LogP contribution < -0.4 is 0 Å². The Morgan fingerprint density at radius 1 is 0.591 bits per heavy atom. The Labute approximate surface area is 140 Å². The predicted octanol–water partition coefficient (Wildman–Crippen LogP) is 7.18. The molecular weight excluding hydrogens is 268 g/mol. The lowest BCUT2D eigenvalue weighted by molar-refractivity contribution is 0.148. The van der Waals surface area contributed by atoms with Gasteiger partial charge in [-0.05, 0) is 32.1 Å². The predicted molar refractivity (Wildman–Crippen MR) is 100 cm³/mol. The molecule has 1 atom stereocenters. The van der Waals surface area contributed by atoms with Crippen LogP contribution in [0.5, 0.6) is 0 Å². The molecule has 22 heavy (non-hydrogen) atoms. The van der Waals surface area contributed by atoms with Gasteiger partial charge < -0.3 is 5.11 Å². The summed E-state index contributed by atoms with van der Waals surface area (Å²) in [4.78, 5) is 0. The monoisotopic (exact) mass is 310 g/mol. The van der Waals surface area contributed by atoms with E-state index in [1.807, 2.05) is 0 Å². The van der Waals surface area contributed by atoms with Gasteiger partial charge in [-0.15, -0.1) is 0 Å². The summed E-state index contributed by atoms with van der Waals surface area (Å²) in [7, 11) is 0. The number of allylic oxidation sites excluding steroid dienone is 2. The first-order valence-corrected chi connectivity index (χ1v) is 10.1. The van der Waals surface area contributed by atoms with E-state index in [0.29, 0.717) is 0 Å². The summed E-state index contributed by atoms with van der Waals surface area (Å²) in [5.74, 6) is 0. The second-order valence-electron chi connectivity index (χ2n) is 6.82. The molecule has 0 heterocycles. The highest BCUT2D eigenvalue weighted by Crippen LogP contribution is 2.14. The number of aliphatic hydroxyl groups excluding tert-OH is 1. The van der Waals surface area contributed by atoms with Crippen LogP contribution in [0, 0.1) is 0 Å². The molecule has 0 fully saturated rings. The van der Waals surface area contributed by atoms with Gasteiger partial charge in [-0.1, -0.05) is 96.6 Å². The van der Waals surface area contributed by atoms with Crippen LogP contribution in [-0.4, -0.2) is 11.2 Å². The van der Waals surface area contributed by atoms with E-state index in [0.717, 1.165) is 25.7 Å². The molecule has 0 aromatic carbocycles. The number of aliphatic hydroxyl groups is 1. The average Bonchev–Trinajstić information content (AvgIpc) is 2.52. The van der Waals surface area contributed by atoms with Crippen LogP contribution in [0.4, 0.5) is 0 Å². The van der Waals surface area contributed by atoms with Crippen molar-refractivity contribution in [3.05, 3.63) is 12.2 Å². The molecule has 0 rings (SSSR count). The van der Waals surface area contributed by atoms with E-state index in [2.05, 4.69) is 26.0 Å². The number of hydrogen-bond acceptors (Lipinski definition) is 1. The van der Waals surface area contributed by atoms with E-state index in [1.165, 1.54) is 77.0 Å². The van der Waals surface area contributed by atoms with Crippen molar-refractivity contribution >= 4 is 0 Å². The van der Waals surface area contributed by atoms with Crippen LogP contribution in [0.3, 0.4) is 0 Å². The molecule has 0 saturated heterocycles. The molecular formula is C21H42O. The van der Waals surface area contributed by atoms with Gasteiger partial charge in [0.2, 0.25) is 0 Å². The third-order valence-electron chi connectivity index (χ3n) is 4.42. The molecule has 1 N–H and O–H groups in total. The smallest absolute Gasteiger partial charge is 0.0540 e. The SMILES string of the molecule is CCC/C=C\CCCC(O)CCCCCCCCCCCC. The summed E-state index contributed by atoms with van der Waals surface area (Å²) in [6, 6.07) is 0. The van der Waals surface area contributed by atoms with Gasteiger partial charge in [0.05, 0.1) is 6.10 Å². The maximum Gasteiger partial charge on any atom is 0.0540 e. The summed E-state index contributed by atoms with van der Waals surface area (Å²) in [5, 5.41) is 9.95. The van der Waals surface area contributed by atoms with Crippen molar-refractivity contribution < 1.29 is 5.11 Å². The fourth-order valence-corrected chi connectivity index (χ4v) is 2.89. The largest absolute Gasteiger partial charge is 0.393 e. The van der Waals surface area contributed by atoms with Gasteiger partial charge in [-0.3, -0.25) is 0 Å². The summed E-state index contributed by atoms with van der Waals surface area (Å²) < 4.78 is 0. The van der Waals surface area contributed by atoms with Crippen molar-refractivity contribution in [2.45, 2.75) is 123 Å². The lowest BCUT2D eigenvalue weighted by Gasteiger charge is -2.09. The van der Waals surface area contributed by atoms with Crippen LogP contribution in [0.2, 0.25) is 0 Å². The van der Waals surface area contributed by atoms with Crippen molar-refractivity contribution in [1.82, 2.24) is 0 Å². The molecule has 0 aliphatic rings. The first-order valence-electron chi connectivity index (χ1n) is 10.1. The highest BCUT2D eigenvalue weighted by molar-refractivity contribution is 4.81. The van der Waals surface area contributed by atoms with Crippen molar-refractivity contribution in [3.8, 4) is 0 Å². The van der Waals surface area contributed by atoms with Gasteiger partial charge in [0, 0.05) is 0 Å². The maximum absolute atomic E-state index is 9.95. The number of rotatable bonds is 17. The van der Waals surface area contributed by atoms with Crippen LogP contribution in [0.1, 0.15) is 117 Å². The second-order valence-corrected chi connectivity index (χ2v) is 6.82. The minimum atomic E-state index is -0.0615. The lowest BCUT2D eigenvalue weighted by Crippen LogP contribution is -2.05. The Morgan fingerprint density at radius 2 is 1.09 bits per heavy atom. The van der Waals surface area contributed by atoms with Gasteiger partial charge >= 0.3 is 0 Å². The lowest BCUT2D eigenvalue weighted by atomic mass is 10.0. The van der Waals surface area contributed by atoms with Gasteiger partial charge in [0.25, 0.3) is 0 Å². The maximum atomic E-state index is 9.95. The summed E-state index contributed by atoms with van der Waals surface area (Å²) in [6.07, 6.45) is 24.9. The van der Waals surface area contributed by atoms with Gasteiger partial charge in [0.15, 0.2) is 0 Å². The third kappa shape index (κ3) is 17.8. The van der Waals surface area contributed by atoms with Gasteiger partial charge in [-0.2, -0.15) is 0 Å². The zero-order valence-electron chi connectivity index (χ0n) is 15.5. The van der Waals surface area contributed by atoms with Crippen molar-refractivity contribution in [2.75, 3.05) is 0 Å². The van der Waals surface area contributed by atoms with Crippen molar-refractivity contribution in [3.63, 3.8) is 0 Å². The van der Waals surface area contributed by atoms with Crippen LogP contribution in [0.15, 0.2) is 12.2 Å². The van der Waals surface area contributed by atoms with Crippen LogP contribution in [0.25, 0.3) is 0 Å². The summed E-state index contributed by atoms with van der Waals surface area (Å²) in [6.45, 7) is 4.48. The fraction of sp³-hybridized carbons (Fsp3) is 0.905. The molecule has 0 aromatic rings. The molecule has 0 aliphatic heterocycles. The molecule has 0 saturated carbocycles. The molecule has 0 amide bonds. The molecule has 1 heteroatoms. The van der Waals surface area contributed by atoms with Crippen LogP contribution in [-0.2, 0) is 0 Å².